The van der Waals surface area contributed by atoms with Crippen LogP contribution in [-0.4, -0.2) is 22.5 Å². The molecule has 1 unspecified atom stereocenters. The van der Waals surface area contributed by atoms with Gasteiger partial charge in [0.2, 0.25) is 0 Å². The molecule has 0 bridgehead atoms. The molecule has 0 radical (unpaired) electrons. The quantitative estimate of drug-likeness (QED) is 0.907. The molecule has 3 heterocycles. The number of nitrogens with one attached hydrogen (secondary N) is 1. The predicted molar refractivity (Wildman–Crippen MR) is 75.5 cm³/mol. The summed E-state index contributed by atoms with van der Waals surface area (Å²) in [4.78, 5) is 16.7. The molecule has 19 heavy (non-hydrogen) atoms. The van der Waals surface area contributed by atoms with Crippen LogP contribution in [0.3, 0.4) is 0 Å². The van der Waals surface area contributed by atoms with Crippen LogP contribution in [-0.2, 0) is 6.42 Å². The molecule has 1 atom stereocenters. The van der Waals surface area contributed by atoms with Gasteiger partial charge in [-0.2, -0.15) is 0 Å². The van der Waals surface area contributed by atoms with E-state index < -0.39 is 0 Å². The van der Waals surface area contributed by atoms with Gasteiger partial charge in [-0.3, -0.25) is 9.20 Å². The first kappa shape index (κ1) is 12.4. The third kappa shape index (κ3) is 2.54. The lowest BCUT2D eigenvalue weighted by Crippen LogP contribution is -2.17. The molecule has 1 aliphatic heterocycles. The number of fused-ring (bicyclic) bond motifs is 1. The molecule has 0 amide bonds. The van der Waals surface area contributed by atoms with Gasteiger partial charge in [0, 0.05) is 18.0 Å². The summed E-state index contributed by atoms with van der Waals surface area (Å²) < 4.78 is 1.62. The van der Waals surface area contributed by atoms with E-state index in [0.29, 0.717) is 0 Å². The van der Waals surface area contributed by atoms with Crippen molar-refractivity contribution in [2.45, 2.75) is 26.2 Å². The van der Waals surface area contributed by atoms with E-state index in [-0.39, 0.29) is 5.56 Å². The fourth-order valence-electron chi connectivity index (χ4n) is 2.75. The van der Waals surface area contributed by atoms with Gasteiger partial charge in [0.05, 0.1) is 0 Å². The highest BCUT2D eigenvalue weighted by Crippen LogP contribution is 2.15. The number of aromatic nitrogens is 2. The van der Waals surface area contributed by atoms with E-state index in [1.165, 1.54) is 6.42 Å². The van der Waals surface area contributed by atoms with Crippen molar-refractivity contribution in [3.8, 4) is 0 Å². The fourth-order valence-corrected chi connectivity index (χ4v) is 2.75. The van der Waals surface area contributed by atoms with Gasteiger partial charge >= 0.3 is 0 Å². The van der Waals surface area contributed by atoms with Crippen molar-refractivity contribution in [1.82, 2.24) is 14.7 Å². The second kappa shape index (κ2) is 5.13. The zero-order valence-corrected chi connectivity index (χ0v) is 11.2. The van der Waals surface area contributed by atoms with Crippen molar-refractivity contribution in [3.63, 3.8) is 0 Å². The van der Waals surface area contributed by atoms with E-state index in [2.05, 4.69) is 10.3 Å². The molecular weight excluding hydrogens is 238 g/mol. The first-order chi connectivity index (χ1) is 9.24. The van der Waals surface area contributed by atoms with E-state index in [0.717, 1.165) is 48.8 Å². The zero-order valence-electron chi connectivity index (χ0n) is 11.2. The van der Waals surface area contributed by atoms with Crippen molar-refractivity contribution >= 4 is 5.65 Å². The maximum Gasteiger partial charge on any atom is 0.258 e. The van der Waals surface area contributed by atoms with Crippen LogP contribution in [0.1, 0.15) is 24.1 Å². The standard InChI is InChI=1S/C15H19N3O/c1-11-3-2-8-18-14(19)9-13(17-15(11)18)5-4-12-6-7-16-10-12/h2-3,8-9,12,16H,4-7,10H2,1H3. The van der Waals surface area contributed by atoms with Gasteiger partial charge in [0.25, 0.3) is 5.56 Å². The molecule has 0 aromatic carbocycles. The van der Waals surface area contributed by atoms with E-state index in [4.69, 9.17) is 0 Å². The molecule has 1 aliphatic rings. The smallest absolute Gasteiger partial charge is 0.258 e. The van der Waals surface area contributed by atoms with Gasteiger partial charge in [-0.05, 0) is 56.8 Å². The molecule has 2 aromatic heterocycles. The summed E-state index contributed by atoms with van der Waals surface area (Å²) in [5, 5.41) is 3.37. The van der Waals surface area contributed by atoms with E-state index in [1.807, 2.05) is 19.1 Å². The summed E-state index contributed by atoms with van der Waals surface area (Å²) in [5.41, 5.74) is 2.78. The largest absolute Gasteiger partial charge is 0.316 e. The maximum absolute atomic E-state index is 12.1. The van der Waals surface area contributed by atoms with Gasteiger partial charge in [-0.25, -0.2) is 4.98 Å². The third-order valence-electron chi connectivity index (χ3n) is 3.91. The Kier molecular flexibility index (Phi) is 3.34. The Labute approximate surface area is 112 Å². The molecule has 0 saturated carbocycles. The third-order valence-corrected chi connectivity index (χ3v) is 3.91. The minimum absolute atomic E-state index is 0.0215. The summed E-state index contributed by atoms with van der Waals surface area (Å²) in [6.45, 7) is 4.22. The second-order valence-corrected chi connectivity index (χ2v) is 5.37. The number of rotatable bonds is 3. The van der Waals surface area contributed by atoms with E-state index >= 15 is 0 Å². The lowest BCUT2D eigenvalue weighted by atomic mass is 10.0. The topological polar surface area (TPSA) is 46.4 Å². The van der Waals surface area contributed by atoms with Crippen molar-refractivity contribution in [2.24, 2.45) is 5.92 Å². The number of hydrogen-bond acceptors (Lipinski definition) is 3. The molecule has 4 heteroatoms. The minimum Gasteiger partial charge on any atom is -0.316 e. The normalized spacial score (nSPS) is 19.1. The Hall–Kier alpha value is -1.68. The van der Waals surface area contributed by atoms with Gasteiger partial charge in [0.15, 0.2) is 0 Å². The van der Waals surface area contributed by atoms with Crippen LogP contribution in [0.2, 0.25) is 0 Å². The predicted octanol–water partition coefficient (Wildman–Crippen LogP) is 1.55. The SMILES string of the molecule is Cc1cccn2c(=O)cc(CCC3CCNC3)nc12. The molecule has 1 fully saturated rings. The van der Waals surface area contributed by atoms with Crippen LogP contribution >= 0.6 is 0 Å². The summed E-state index contributed by atoms with van der Waals surface area (Å²) >= 11 is 0. The van der Waals surface area contributed by atoms with E-state index in [1.54, 1.807) is 16.7 Å². The minimum atomic E-state index is 0.0215. The molecule has 0 spiro atoms. The van der Waals surface area contributed by atoms with Crippen LogP contribution < -0.4 is 10.9 Å². The summed E-state index contributed by atoms with van der Waals surface area (Å²) in [6, 6.07) is 5.55. The molecule has 100 valence electrons. The highest BCUT2D eigenvalue weighted by molar-refractivity contribution is 5.46. The summed E-state index contributed by atoms with van der Waals surface area (Å²) in [5.74, 6) is 0.733. The summed E-state index contributed by atoms with van der Waals surface area (Å²) in [7, 11) is 0. The lowest BCUT2D eigenvalue weighted by molar-refractivity contribution is 0.529. The van der Waals surface area contributed by atoms with E-state index in [9.17, 15) is 4.79 Å². The fraction of sp³-hybridized carbons (Fsp3) is 0.467. The second-order valence-electron chi connectivity index (χ2n) is 5.37. The molecule has 3 rings (SSSR count). The average Bonchev–Trinajstić information content (AvgIpc) is 2.91. The first-order valence-corrected chi connectivity index (χ1v) is 6.92. The highest BCUT2D eigenvalue weighted by atomic mass is 16.1. The van der Waals surface area contributed by atoms with Crippen molar-refractivity contribution in [2.75, 3.05) is 13.1 Å². The molecule has 0 aliphatic carbocycles. The Bertz CT molecular complexity index is 641. The summed E-state index contributed by atoms with van der Waals surface area (Å²) in [6.07, 6.45) is 5.03. The van der Waals surface area contributed by atoms with Crippen molar-refractivity contribution in [1.29, 1.82) is 0 Å². The number of hydrogen-bond donors (Lipinski definition) is 1. The lowest BCUT2D eigenvalue weighted by Gasteiger charge is -2.09. The number of nitrogens with zero attached hydrogens (tertiary/aromatic N) is 2. The molecule has 2 aromatic rings. The average molecular weight is 257 g/mol. The van der Waals surface area contributed by atoms with Crippen molar-refractivity contribution < 1.29 is 0 Å². The van der Waals surface area contributed by atoms with Gasteiger partial charge in [0.1, 0.15) is 5.65 Å². The number of pyridine rings is 1. The number of aryl methyl sites for hydroxylation is 2. The Morgan fingerprint density at radius 1 is 1.53 bits per heavy atom. The van der Waals surface area contributed by atoms with Crippen LogP contribution in [0.4, 0.5) is 0 Å². The van der Waals surface area contributed by atoms with Crippen LogP contribution in [0.5, 0.6) is 0 Å². The van der Waals surface area contributed by atoms with Crippen LogP contribution in [0.25, 0.3) is 5.65 Å². The van der Waals surface area contributed by atoms with Crippen LogP contribution in [0, 0.1) is 12.8 Å². The van der Waals surface area contributed by atoms with Gasteiger partial charge in [-0.15, -0.1) is 0 Å². The maximum atomic E-state index is 12.1. The van der Waals surface area contributed by atoms with Crippen molar-refractivity contribution in [3.05, 3.63) is 46.0 Å². The molecule has 1 saturated heterocycles. The Morgan fingerprint density at radius 2 is 2.42 bits per heavy atom. The Morgan fingerprint density at radius 3 is 3.21 bits per heavy atom. The Balaban J connectivity index is 1.87. The zero-order chi connectivity index (χ0) is 13.2. The monoisotopic (exact) mass is 257 g/mol. The molecule has 1 N–H and O–H groups in total. The molecule has 4 nitrogen and oxygen atoms in total. The van der Waals surface area contributed by atoms with Gasteiger partial charge in [-0.1, -0.05) is 6.07 Å². The molecular formula is C15H19N3O. The van der Waals surface area contributed by atoms with Crippen LogP contribution in [0.15, 0.2) is 29.2 Å². The van der Waals surface area contributed by atoms with Gasteiger partial charge < -0.3 is 5.32 Å². The highest BCUT2D eigenvalue weighted by Gasteiger charge is 2.14. The first-order valence-electron chi connectivity index (χ1n) is 6.92.